The Bertz CT molecular complexity index is 1250. The number of carbonyl (C=O) groups excluding carboxylic acids is 2. The minimum absolute atomic E-state index is 0.173. The number of unbranched alkanes of at least 4 members (excludes halogenated alkanes) is 38. The average Bonchev–Trinajstić information content (AvgIpc) is 3.31. The van der Waals surface area contributed by atoms with Gasteiger partial charge in [-0.15, -0.1) is 0 Å². The lowest BCUT2D eigenvalue weighted by atomic mass is 10.00. The molecule has 404 valence electrons. The van der Waals surface area contributed by atoms with E-state index >= 15 is 0 Å². The van der Waals surface area contributed by atoms with Gasteiger partial charge >= 0.3 is 11.9 Å². The Kier molecular flexibility index (Phi) is 43.3. The van der Waals surface area contributed by atoms with Crippen molar-refractivity contribution in [1.29, 1.82) is 0 Å². The summed E-state index contributed by atoms with van der Waals surface area (Å²) in [6.45, 7) is 3.84. The number of aliphatic hydroxyl groups is 3. The van der Waals surface area contributed by atoms with Crippen molar-refractivity contribution >= 4 is 22.1 Å². The van der Waals surface area contributed by atoms with Crippen LogP contribution in [0.3, 0.4) is 0 Å². The van der Waals surface area contributed by atoms with Crippen molar-refractivity contribution in [3.8, 4) is 0 Å². The van der Waals surface area contributed by atoms with Crippen LogP contribution < -0.4 is 0 Å². The van der Waals surface area contributed by atoms with Crippen LogP contribution in [0, 0.1) is 0 Å². The summed E-state index contributed by atoms with van der Waals surface area (Å²) in [6.07, 6.45) is 41.4. The van der Waals surface area contributed by atoms with Gasteiger partial charge in [0.1, 0.15) is 36.8 Å². The van der Waals surface area contributed by atoms with E-state index in [1.54, 1.807) is 0 Å². The van der Waals surface area contributed by atoms with Gasteiger partial charge in [0.05, 0.1) is 6.61 Å². The van der Waals surface area contributed by atoms with E-state index in [0.29, 0.717) is 12.8 Å². The molecule has 1 rings (SSSR count). The third-order valence-corrected chi connectivity index (χ3v) is 14.4. The Morgan fingerprint density at radius 3 is 1.07 bits per heavy atom. The van der Waals surface area contributed by atoms with Crippen molar-refractivity contribution in [1.82, 2.24) is 0 Å². The SMILES string of the molecule is CCCCCCCCCCCCCCCCCCCCCCC(=O)OCC(COC1OC(CS(=O)(=O)O)C(O)C(O)C1O)OC(=O)CCCCCCCCCCCCCCCCCCCCCC. The van der Waals surface area contributed by atoms with Crippen LogP contribution in [-0.4, -0.2) is 96.0 Å². The molecule has 1 saturated heterocycles. The Balaban J connectivity index is 2.30. The average molecular weight is 992 g/mol. The van der Waals surface area contributed by atoms with E-state index in [9.17, 15) is 37.9 Å². The second kappa shape index (κ2) is 45.5. The number of carbonyl (C=O) groups is 2. The second-order valence-corrected chi connectivity index (χ2v) is 21.8. The molecule has 1 aliphatic rings. The molecule has 0 aromatic carbocycles. The fourth-order valence-corrected chi connectivity index (χ4v) is 9.96. The molecule has 6 unspecified atom stereocenters. The van der Waals surface area contributed by atoms with Gasteiger partial charge in [-0.3, -0.25) is 14.1 Å². The minimum Gasteiger partial charge on any atom is -0.462 e. The van der Waals surface area contributed by atoms with E-state index in [0.717, 1.165) is 38.5 Å². The van der Waals surface area contributed by atoms with Crippen molar-refractivity contribution in [3.63, 3.8) is 0 Å². The van der Waals surface area contributed by atoms with Crippen LogP contribution in [0.15, 0.2) is 0 Å². The number of rotatable bonds is 50. The van der Waals surface area contributed by atoms with Gasteiger partial charge < -0.3 is 34.3 Å². The van der Waals surface area contributed by atoms with Gasteiger partial charge in [-0.05, 0) is 12.8 Å². The first kappa shape index (κ1) is 64.7. The van der Waals surface area contributed by atoms with Gasteiger partial charge in [0.15, 0.2) is 12.4 Å². The molecule has 68 heavy (non-hydrogen) atoms. The fraction of sp³-hybridized carbons (Fsp3) is 0.964. The predicted molar refractivity (Wildman–Crippen MR) is 275 cm³/mol. The zero-order chi connectivity index (χ0) is 49.8. The highest BCUT2D eigenvalue weighted by atomic mass is 32.2. The normalized spacial score (nSPS) is 19.1. The standard InChI is InChI=1S/C55H106O12S/c1-3-5-7-9-11-13-15-17-19-21-23-25-27-29-31-33-35-37-39-41-43-50(56)64-45-48(46-65-55-54(60)53(59)52(58)49(67-55)47-68(61,62)63)66-51(57)44-42-40-38-36-34-32-30-28-26-24-22-20-18-16-14-12-10-8-6-4-2/h48-49,52-55,58-60H,3-47H2,1-2H3,(H,61,62,63). The zero-order valence-electron chi connectivity index (χ0n) is 43.7. The highest BCUT2D eigenvalue weighted by Crippen LogP contribution is 2.24. The second-order valence-electron chi connectivity index (χ2n) is 20.3. The van der Waals surface area contributed by atoms with Crippen LogP contribution in [0.4, 0.5) is 0 Å². The van der Waals surface area contributed by atoms with Crippen LogP contribution in [-0.2, 0) is 38.7 Å². The maximum Gasteiger partial charge on any atom is 0.306 e. The topological polar surface area (TPSA) is 186 Å². The molecule has 12 nitrogen and oxygen atoms in total. The van der Waals surface area contributed by atoms with Gasteiger partial charge in [0, 0.05) is 12.8 Å². The Hall–Kier alpha value is -1.35. The maximum atomic E-state index is 12.9. The summed E-state index contributed by atoms with van der Waals surface area (Å²) in [6, 6.07) is 0. The fourth-order valence-electron chi connectivity index (χ4n) is 9.27. The van der Waals surface area contributed by atoms with E-state index in [4.69, 9.17) is 18.9 Å². The van der Waals surface area contributed by atoms with E-state index in [1.165, 1.54) is 205 Å². The molecule has 0 saturated carbocycles. The number of ether oxygens (including phenoxy) is 4. The van der Waals surface area contributed by atoms with Crippen molar-refractivity contribution in [3.05, 3.63) is 0 Å². The molecule has 1 heterocycles. The molecule has 0 spiro atoms. The first-order valence-corrected chi connectivity index (χ1v) is 30.2. The lowest BCUT2D eigenvalue weighted by Gasteiger charge is -2.40. The number of aliphatic hydroxyl groups excluding tert-OH is 3. The maximum absolute atomic E-state index is 12.9. The molecular weight excluding hydrogens is 885 g/mol. The summed E-state index contributed by atoms with van der Waals surface area (Å²) in [4.78, 5) is 25.6. The van der Waals surface area contributed by atoms with Crippen molar-refractivity contribution in [2.75, 3.05) is 19.0 Å². The van der Waals surface area contributed by atoms with Crippen LogP contribution >= 0.6 is 0 Å². The number of esters is 2. The highest BCUT2D eigenvalue weighted by molar-refractivity contribution is 7.85. The zero-order valence-corrected chi connectivity index (χ0v) is 44.6. The van der Waals surface area contributed by atoms with E-state index in [2.05, 4.69) is 13.8 Å². The molecule has 0 aromatic rings. The summed E-state index contributed by atoms with van der Waals surface area (Å²) in [5.41, 5.74) is 0. The molecule has 13 heteroatoms. The van der Waals surface area contributed by atoms with Crippen LogP contribution in [0.1, 0.15) is 284 Å². The smallest absolute Gasteiger partial charge is 0.306 e. The summed E-state index contributed by atoms with van der Waals surface area (Å²) in [7, 11) is -4.60. The van der Waals surface area contributed by atoms with Crippen LogP contribution in [0.2, 0.25) is 0 Å². The van der Waals surface area contributed by atoms with Gasteiger partial charge in [-0.25, -0.2) is 0 Å². The van der Waals surface area contributed by atoms with Crippen molar-refractivity contribution < 1.29 is 56.8 Å². The van der Waals surface area contributed by atoms with Crippen molar-refractivity contribution in [2.24, 2.45) is 0 Å². The molecule has 0 aromatic heterocycles. The van der Waals surface area contributed by atoms with Gasteiger partial charge in [0.2, 0.25) is 0 Å². The first-order chi connectivity index (χ1) is 33.0. The number of hydrogen-bond acceptors (Lipinski definition) is 11. The minimum atomic E-state index is -4.60. The summed E-state index contributed by atoms with van der Waals surface area (Å²) in [5, 5.41) is 31.0. The van der Waals surface area contributed by atoms with E-state index in [1.807, 2.05) is 0 Å². The Labute approximate surface area is 416 Å². The van der Waals surface area contributed by atoms with Crippen LogP contribution in [0.25, 0.3) is 0 Å². The summed E-state index contributed by atoms with van der Waals surface area (Å²) in [5.74, 6) is -1.95. The largest absolute Gasteiger partial charge is 0.462 e. The van der Waals surface area contributed by atoms with Crippen molar-refractivity contribution in [2.45, 2.75) is 320 Å². The molecule has 1 fully saturated rings. The molecule has 0 radical (unpaired) electrons. The Morgan fingerprint density at radius 1 is 0.441 bits per heavy atom. The predicted octanol–water partition coefficient (Wildman–Crippen LogP) is 13.6. The quantitative estimate of drug-likeness (QED) is 0.0257. The third kappa shape index (κ3) is 39.3. The molecule has 0 amide bonds. The Morgan fingerprint density at radius 2 is 0.750 bits per heavy atom. The molecular formula is C55H106O12S. The van der Waals surface area contributed by atoms with Gasteiger partial charge in [-0.1, -0.05) is 258 Å². The molecule has 6 atom stereocenters. The number of hydrogen-bond donors (Lipinski definition) is 4. The third-order valence-electron chi connectivity index (χ3n) is 13.7. The molecule has 1 aliphatic heterocycles. The molecule has 4 N–H and O–H groups in total. The van der Waals surface area contributed by atoms with Gasteiger partial charge in [0.25, 0.3) is 10.1 Å². The van der Waals surface area contributed by atoms with Gasteiger partial charge in [-0.2, -0.15) is 8.42 Å². The highest BCUT2D eigenvalue weighted by Gasteiger charge is 2.46. The van der Waals surface area contributed by atoms with Crippen LogP contribution in [0.5, 0.6) is 0 Å². The summed E-state index contributed by atoms with van der Waals surface area (Å²) >= 11 is 0. The molecule has 0 bridgehead atoms. The summed E-state index contributed by atoms with van der Waals surface area (Å²) < 4.78 is 54.4. The van der Waals surface area contributed by atoms with E-state index < -0.39 is 71.2 Å². The lowest BCUT2D eigenvalue weighted by molar-refractivity contribution is -0.297. The first-order valence-electron chi connectivity index (χ1n) is 28.6. The van der Waals surface area contributed by atoms with E-state index in [-0.39, 0.29) is 19.4 Å². The monoisotopic (exact) mass is 991 g/mol. The lowest BCUT2D eigenvalue weighted by Crippen LogP contribution is -2.60. The molecule has 0 aliphatic carbocycles.